The van der Waals surface area contributed by atoms with Crippen LogP contribution in [-0.4, -0.2) is 11.5 Å². The average molecular weight is 262 g/mol. The summed E-state index contributed by atoms with van der Waals surface area (Å²) < 4.78 is 0. The molecule has 0 amide bonds. The summed E-state index contributed by atoms with van der Waals surface area (Å²) in [5.41, 5.74) is 1.27. The molecule has 1 nitrogen and oxygen atoms in total. The lowest BCUT2D eigenvalue weighted by Crippen LogP contribution is -2.22. The first kappa shape index (κ1) is 13.7. The molecule has 1 aliphatic carbocycles. The fourth-order valence-corrected chi connectivity index (χ4v) is 3.57. The highest BCUT2D eigenvalue weighted by Gasteiger charge is 2.23. The Morgan fingerprint density at radius 2 is 1.89 bits per heavy atom. The number of thioether (sulfide) groups is 1. The van der Waals surface area contributed by atoms with Crippen LogP contribution in [0.25, 0.3) is 0 Å². The van der Waals surface area contributed by atoms with E-state index in [0.717, 1.165) is 18.8 Å². The minimum Gasteiger partial charge on any atom is -0.298 e. The maximum Gasteiger partial charge on any atom is 0.146 e. The Balaban J connectivity index is 1.83. The van der Waals surface area contributed by atoms with Gasteiger partial charge in [0.25, 0.3) is 0 Å². The molecule has 0 saturated heterocycles. The Morgan fingerprint density at radius 3 is 2.56 bits per heavy atom. The van der Waals surface area contributed by atoms with Crippen LogP contribution in [0.3, 0.4) is 0 Å². The van der Waals surface area contributed by atoms with Crippen molar-refractivity contribution in [3.8, 4) is 0 Å². The van der Waals surface area contributed by atoms with Crippen LogP contribution in [0.2, 0.25) is 0 Å². The largest absolute Gasteiger partial charge is 0.298 e. The van der Waals surface area contributed by atoms with Gasteiger partial charge in [0.15, 0.2) is 0 Å². The van der Waals surface area contributed by atoms with Crippen LogP contribution in [0.1, 0.15) is 38.2 Å². The van der Waals surface area contributed by atoms with Gasteiger partial charge in [-0.1, -0.05) is 38.0 Å². The second kappa shape index (κ2) is 6.42. The van der Waals surface area contributed by atoms with E-state index in [1.807, 2.05) is 12.1 Å². The first-order valence-electron chi connectivity index (χ1n) is 6.88. The molecule has 0 spiro atoms. The van der Waals surface area contributed by atoms with Gasteiger partial charge in [-0.2, -0.15) is 0 Å². The lowest BCUT2D eigenvalue weighted by atomic mass is 9.81. The van der Waals surface area contributed by atoms with Gasteiger partial charge in [0, 0.05) is 10.8 Å². The Labute approximate surface area is 114 Å². The number of carbonyl (C=O) groups is 1. The number of hydrogen-bond acceptors (Lipinski definition) is 2. The molecule has 1 aromatic rings. The Bertz CT molecular complexity index is 405. The molecule has 18 heavy (non-hydrogen) atoms. The molecular weight excluding hydrogens is 240 g/mol. The van der Waals surface area contributed by atoms with Crippen molar-refractivity contribution < 1.29 is 4.79 Å². The maximum absolute atomic E-state index is 12.2. The zero-order valence-electron chi connectivity index (χ0n) is 11.3. The predicted octanol–water partition coefficient (Wildman–Crippen LogP) is 4.48. The summed E-state index contributed by atoms with van der Waals surface area (Å²) in [7, 11) is 0. The molecule has 98 valence electrons. The molecule has 0 heterocycles. The van der Waals surface area contributed by atoms with Gasteiger partial charge in [0.05, 0.1) is 5.75 Å². The van der Waals surface area contributed by atoms with Gasteiger partial charge in [-0.3, -0.25) is 4.79 Å². The van der Waals surface area contributed by atoms with E-state index in [1.54, 1.807) is 11.8 Å². The summed E-state index contributed by atoms with van der Waals surface area (Å²) in [5, 5.41) is 0. The normalized spacial score (nSPS) is 23.9. The predicted molar refractivity (Wildman–Crippen MR) is 78.0 cm³/mol. The van der Waals surface area contributed by atoms with Crippen molar-refractivity contribution in [3.05, 3.63) is 29.8 Å². The summed E-state index contributed by atoms with van der Waals surface area (Å²) in [6, 6.07) is 8.30. The highest BCUT2D eigenvalue weighted by atomic mass is 32.2. The zero-order valence-corrected chi connectivity index (χ0v) is 12.1. The molecule has 0 bridgehead atoms. The fourth-order valence-electron chi connectivity index (χ4n) is 2.57. The van der Waals surface area contributed by atoms with E-state index in [4.69, 9.17) is 0 Å². The third kappa shape index (κ3) is 3.61. The van der Waals surface area contributed by atoms with Gasteiger partial charge in [-0.05, 0) is 37.3 Å². The molecule has 2 rings (SSSR count). The third-order valence-electron chi connectivity index (χ3n) is 3.93. The third-order valence-corrected chi connectivity index (χ3v) is 5.13. The van der Waals surface area contributed by atoms with Crippen molar-refractivity contribution in [3.63, 3.8) is 0 Å². The van der Waals surface area contributed by atoms with Gasteiger partial charge in [0.1, 0.15) is 5.78 Å². The lowest BCUT2D eigenvalue weighted by Gasteiger charge is -2.24. The van der Waals surface area contributed by atoms with Gasteiger partial charge in [-0.15, -0.1) is 11.8 Å². The first-order chi connectivity index (χ1) is 8.66. The summed E-state index contributed by atoms with van der Waals surface area (Å²) in [5.74, 6) is 2.25. The summed E-state index contributed by atoms with van der Waals surface area (Å²) in [4.78, 5) is 13.4. The van der Waals surface area contributed by atoms with E-state index in [0.29, 0.717) is 17.5 Å². The molecule has 0 atom stereocenters. The van der Waals surface area contributed by atoms with Gasteiger partial charge in [0.2, 0.25) is 0 Å². The molecule has 0 aromatic heterocycles. The summed E-state index contributed by atoms with van der Waals surface area (Å²) in [6.45, 7) is 4.40. The van der Waals surface area contributed by atoms with Crippen molar-refractivity contribution in [1.82, 2.24) is 0 Å². The molecule has 1 aromatic carbocycles. The molecule has 0 unspecified atom stereocenters. The standard InChI is InChI=1S/C16H22OS/c1-12-7-9-14(10-8-12)15(17)11-18-16-6-4-3-5-13(16)2/h3-6,12,14H,7-11H2,1-2H3. The van der Waals surface area contributed by atoms with E-state index in [2.05, 4.69) is 26.0 Å². The molecule has 1 fully saturated rings. The number of Topliss-reactive ketones (excluding diaryl/α,β-unsaturated/α-hetero) is 1. The smallest absolute Gasteiger partial charge is 0.146 e. The Morgan fingerprint density at radius 1 is 1.22 bits per heavy atom. The van der Waals surface area contributed by atoms with Crippen LogP contribution in [0.5, 0.6) is 0 Å². The number of rotatable bonds is 4. The summed E-state index contributed by atoms with van der Waals surface area (Å²) in [6.07, 6.45) is 4.67. The molecule has 0 radical (unpaired) electrons. The molecule has 1 saturated carbocycles. The van der Waals surface area contributed by atoms with E-state index in [9.17, 15) is 4.79 Å². The number of ketones is 1. The average Bonchev–Trinajstić information content (AvgIpc) is 2.38. The van der Waals surface area contributed by atoms with E-state index >= 15 is 0 Å². The minimum absolute atomic E-state index is 0.331. The number of benzene rings is 1. The number of carbonyl (C=O) groups excluding carboxylic acids is 1. The van der Waals surface area contributed by atoms with Crippen molar-refractivity contribution in [2.75, 3.05) is 5.75 Å². The lowest BCUT2D eigenvalue weighted by molar-refractivity contribution is -0.121. The second-order valence-corrected chi connectivity index (χ2v) is 6.49. The van der Waals surface area contributed by atoms with Crippen LogP contribution in [-0.2, 0) is 4.79 Å². The highest BCUT2D eigenvalue weighted by molar-refractivity contribution is 8.00. The van der Waals surface area contributed by atoms with Gasteiger partial charge < -0.3 is 0 Å². The number of hydrogen-bond donors (Lipinski definition) is 0. The molecule has 0 N–H and O–H groups in total. The van der Waals surface area contributed by atoms with E-state index < -0.39 is 0 Å². The molecule has 1 aliphatic rings. The van der Waals surface area contributed by atoms with Crippen LogP contribution in [0.15, 0.2) is 29.2 Å². The van der Waals surface area contributed by atoms with Crippen LogP contribution >= 0.6 is 11.8 Å². The Hall–Kier alpha value is -0.760. The van der Waals surface area contributed by atoms with E-state index in [-0.39, 0.29) is 0 Å². The second-order valence-electron chi connectivity index (χ2n) is 5.48. The topological polar surface area (TPSA) is 17.1 Å². The monoisotopic (exact) mass is 262 g/mol. The molecular formula is C16H22OS. The quantitative estimate of drug-likeness (QED) is 0.744. The van der Waals surface area contributed by atoms with Crippen molar-refractivity contribution in [2.45, 2.75) is 44.4 Å². The number of aryl methyl sites for hydroxylation is 1. The van der Waals surface area contributed by atoms with Crippen molar-refractivity contribution in [1.29, 1.82) is 0 Å². The zero-order chi connectivity index (χ0) is 13.0. The van der Waals surface area contributed by atoms with Gasteiger partial charge >= 0.3 is 0 Å². The fraction of sp³-hybridized carbons (Fsp3) is 0.562. The maximum atomic E-state index is 12.2. The molecule has 2 heteroatoms. The first-order valence-corrected chi connectivity index (χ1v) is 7.86. The van der Waals surface area contributed by atoms with Crippen molar-refractivity contribution >= 4 is 17.5 Å². The SMILES string of the molecule is Cc1ccccc1SCC(=O)C1CCC(C)CC1. The highest BCUT2D eigenvalue weighted by Crippen LogP contribution is 2.31. The van der Waals surface area contributed by atoms with E-state index in [1.165, 1.54) is 23.3 Å². The Kier molecular flexibility index (Phi) is 4.87. The van der Waals surface area contributed by atoms with Crippen molar-refractivity contribution in [2.24, 2.45) is 11.8 Å². The summed E-state index contributed by atoms with van der Waals surface area (Å²) >= 11 is 1.70. The minimum atomic E-state index is 0.331. The van der Waals surface area contributed by atoms with Gasteiger partial charge in [-0.25, -0.2) is 0 Å². The van der Waals surface area contributed by atoms with Crippen LogP contribution in [0.4, 0.5) is 0 Å². The van der Waals surface area contributed by atoms with Crippen LogP contribution in [0, 0.1) is 18.8 Å². The van der Waals surface area contributed by atoms with Crippen LogP contribution < -0.4 is 0 Å². The molecule has 0 aliphatic heterocycles.